The van der Waals surface area contributed by atoms with E-state index in [2.05, 4.69) is 20.6 Å². The van der Waals surface area contributed by atoms with E-state index in [9.17, 15) is 9.59 Å². The molecule has 0 fully saturated rings. The van der Waals surface area contributed by atoms with Crippen molar-refractivity contribution in [2.24, 2.45) is 4.99 Å². The van der Waals surface area contributed by atoms with E-state index in [-0.39, 0.29) is 19.6 Å². The fraction of sp³-hybridized carbons (Fsp3) is 0.231. The van der Waals surface area contributed by atoms with Crippen molar-refractivity contribution in [3.63, 3.8) is 0 Å². The molecule has 0 atom stereocenters. The van der Waals surface area contributed by atoms with Gasteiger partial charge >= 0.3 is 0 Å². The highest BCUT2D eigenvalue weighted by atomic mass is 35.5. The number of nitrogens with one attached hydrogen (secondary N) is 2. The SMILES string of the molecule is C.O=C(Cc1ccc(Cl)cc1C(=O)Nc1ccc(Cl)cn1)c1ccc(CNC2=NCCC2)cc1. The van der Waals surface area contributed by atoms with E-state index >= 15 is 0 Å². The second kappa shape index (κ2) is 11.8. The van der Waals surface area contributed by atoms with Crippen molar-refractivity contribution in [1.29, 1.82) is 0 Å². The highest BCUT2D eigenvalue weighted by Crippen LogP contribution is 2.20. The van der Waals surface area contributed by atoms with Crippen LogP contribution in [-0.2, 0) is 13.0 Å². The van der Waals surface area contributed by atoms with Crippen molar-refractivity contribution in [3.8, 4) is 0 Å². The van der Waals surface area contributed by atoms with E-state index in [1.165, 1.54) is 6.20 Å². The molecule has 3 aromatic rings. The molecule has 6 nitrogen and oxygen atoms in total. The van der Waals surface area contributed by atoms with E-state index in [4.69, 9.17) is 23.2 Å². The summed E-state index contributed by atoms with van der Waals surface area (Å²) in [6.07, 6.45) is 3.60. The molecule has 1 aliphatic rings. The van der Waals surface area contributed by atoms with E-state index in [0.29, 0.717) is 39.1 Å². The van der Waals surface area contributed by atoms with Gasteiger partial charge in [-0.05, 0) is 41.8 Å². The Morgan fingerprint density at radius 3 is 2.41 bits per heavy atom. The first-order chi connectivity index (χ1) is 16.0. The zero-order valence-electron chi connectivity index (χ0n) is 17.8. The summed E-state index contributed by atoms with van der Waals surface area (Å²) in [5.41, 5.74) is 2.56. The van der Waals surface area contributed by atoms with Gasteiger partial charge < -0.3 is 10.6 Å². The maximum atomic E-state index is 12.9. The second-order valence-corrected chi connectivity index (χ2v) is 8.57. The number of anilines is 1. The van der Waals surface area contributed by atoms with Crippen LogP contribution in [0.3, 0.4) is 0 Å². The molecule has 2 N–H and O–H groups in total. The molecule has 1 aliphatic heterocycles. The van der Waals surface area contributed by atoms with Crippen molar-refractivity contribution in [1.82, 2.24) is 10.3 Å². The molecular weight excluding hydrogens is 471 g/mol. The standard InChI is InChI=1S/C25H22Cl2N4O2.CH4/c26-19-8-7-18(21(13-19)25(33)31-24-10-9-20(27)15-30-24)12-22(32)17-5-3-16(4-6-17)14-29-23-2-1-11-28-23;/h3-10,13,15H,1-2,11-12,14H2,(H,28,29)(H,30,31,33);1H4. The van der Waals surface area contributed by atoms with Crippen molar-refractivity contribution in [2.75, 3.05) is 11.9 Å². The lowest BCUT2D eigenvalue weighted by Crippen LogP contribution is -2.20. The molecule has 176 valence electrons. The van der Waals surface area contributed by atoms with Gasteiger partial charge in [-0.25, -0.2) is 4.98 Å². The molecular formula is C26H26Cl2N4O2. The Morgan fingerprint density at radius 2 is 1.74 bits per heavy atom. The molecule has 0 aliphatic carbocycles. The number of aromatic nitrogens is 1. The van der Waals surface area contributed by atoms with Crippen LogP contribution in [-0.4, -0.2) is 29.1 Å². The minimum atomic E-state index is -0.397. The molecule has 1 amide bonds. The van der Waals surface area contributed by atoms with Gasteiger partial charge in [-0.1, -0.05) is 61.0 Å². The number of ketones is 1. The fourth-order valence-corrected chi connectivity index (χ4v) is 3.80. The Morgan fingerprint density at radius 1 is 0.971 bits per heavy atom. The Balaban J connectivity index is 0.00000324. The molecule has 2 heterocycles. The van der Waals surface area contributed by atoms with Gasteiger partial charge in [-0.3, -0.25) is 14.6 Å². The van der Waals surface area contributed by atoms with Gasteiger partial charge in [-0.15, -0.1) is 0 Å². The third-order valence-electron chi connectivity index (χ3n) is 5.28. The van der Waals surface area contributed by atoms with Gasteiger partial charge in [0.05, 0.1) is 10.9 Å². The summed E-state index contributed by atoms with van der Waals surface area (Å²) in [5, 5.41) is 6.92. The van der Waals surface area contributed by atoms with Crippen LogP contribution in [0.2, 0.25) is 10.0 Å². The largest absolute Gasteiger partial charge is 0.370 e. The van der Waals surface area contributed by atoms with Gasteiger partial charge in [0, 0.05) is 48.3 Å². The van der Waals surface area contributed by atoms with Crippen molar-refractivity contribution < 1.29 is 9.59 Å². The van der Waals surface area contributed by atoms with Crippen LogP contribution in [0.5, 0.6) is 0 Å². The number of amides is 1. The van der Waals surface area contributed by atoms with E-state index in [1.54, 1.807) is 30.3 Å². The van der Waals surface area contributed by atoms with Gasteiger partial charge in [0.25, 0.3) is 5.91 Å². The molecule has 0 radical (unpaired) electrons. The normalized spacial score (nSPS) is 12.5. The van der Waals surface area contributed by atoms with Crippen LogP contribution in [0, 0.1) is 0 Å². The lowest BCUT2D eigenvalue weighted by Gasteiger charge is -2.11. The Kier molecular flexibility index (Phi) is 8.79. The van der Waals surface area contributed by atoms with Crippen LogP contribution in [0.1, 0.15) is 52.1 Å². The fourth-order valence-electron chi connectivity index (χ4n) is 3.52. The number of amidine groups is 1. The van der Waals surface area contributed by atoms with E-state index < -0.39 is 5.91 Å². The molecule has 0 saturated heterocycles. The average Bonchev–Trinajstić information content (AvgIpc) is 3.34. The zero-order chi connectivity index (χ0) is 23.2. The first-order valence-corrected chi connectivity index (χ1v) is 11.3. The molecule has 1 aromatic heterocycles. The van der Waals surface area contributed by atoms with Crippen molar-refractivity contribution in [3.05, 3.63) is 93.1 Å². The number of nitrogens with zero attached hydrogens (tertiary/aromatic N) is 2. The zero-order valence-corrected chi connectivity index (χ0v) is 19.3. The summed E-state index contributed by atoms with van der Waals surface area (Å²) in [5.74, 6) is 0.911. The van der Waals surface area contributed by atoms with E-state index in [0.717, 1.165) is 30.8 Å². The number of benzene rings is 2. The summed E-state index contributed by atoms with van der Waals surface area (Å²) in [6.45, 7) is 1.56. The second-order valence-electron chi connectivity index (χ2n) is 7.70. The van der Waals surface area contributed by atoms with Crippen LogP contribution in [0.15, 0.2) is 65.8 Å². The maximum absolute atomic E-state index is 12.9. The van der Waals surface area contributed by atoms with E-state index in [1.807, 2.05) is 24.3 Å². The summed E-state index contributed by atoms with van der Waals surface area (Å²) < 4.78 is 0. The summed E-state index contributed by atoms with van der Waals surface area (Å²) in [7, 11) is 0. The molecule has 4 rings (SSSR count). The quantitative estimate of drug-likeness (QED) is 0.393. The number of halogens is 2. The third-order valence-corrected chi connectivity index (χ3v) is 5.74. The first kappa shape index (κ1) is 25.4. The molecule has 34 heavy (non-hydrogen) atoms. The predicted molar refractivity (Wildman–Crippen MR) is 138 cm³/mol. The average molecular weight is 497 g/mol. The number of hydrogen-bond acceptors (Lipinski definition) is 5. The summed E-state index contributed by atoms with van der Waals surface area (Å²) in [6, 6.07) is 15.6. The van der Waals surface area contributed by atoms with Crippen molar-refractivity contribution >= 4 is 46.5 Å². The molecule has 0 spiro atoms. The lowest BCUT2D eigenvalue weighted by molar-refractivity contribution is 0.0992. The first-order valence-electron chi connectivity index (χ1n) is 10.6. The van der Waals surface area contributed by atoms with Gasteiger partial charge in [-0.2, -0.15) is 0 Å². The van der Waals surface area contributed by atoms with Crippen LogP contribution < -0.4 is 10.6 Å². The Hall–Kier alpha value is -3.22. The monoisotopic (exact) mass is 496 g/mol. The minimum absolute atomic E-state index is 0. The molecule has 0 unspecified atom stereocenters. The van der Waals surface area contributed by atoms with Gasteiger partial charge in [0.2, 0.25) is 0 Å². The molecule has 8 heteroatoms. The number of pyridine rings is 1. The molecule has 2 aromatic carbocycles. The van der Waals surface area contributed by atoms with Gasteiger partial charge in [0.1, 0.15) is 5.82 Å². The Labute approximate surface area is 209 Å². The van der Waals surface area contributed by atoms with Crippen molar-refractivity contribution in [2.45, 2.75) is 33.2 Å². The summed E-state index contributed by atoms with van der Waals surface area (Å²) >= 11 is 12.0. The summed E-state index contributed by atoms with van der Waals surface area (Å²) in [4.78, 5) is 34.2. The maximum Gasteiger partial charge on any atom is 0.257 e. The number of Topliss-reactive ketones (excluding diaryl/α,β-unsaturated/α-hetero) is 1. The topological polar surface area (TPSA) is 83.5 Å². The number of carbonyl (C=O) groups is 2. The van der Waals surface area contributed by atoms with Gasteiger partial charge in [0.15, 0.2) is 5.78 Å². The molecule has 0 saturated carbocycles. The third kappa shape index (κ3) is 6.65. The smallest absolute Gasteiger partial charge is 0.257 e. The molecule has 0 bridgehead atoms. The number of rotatable bonds is 7. The number of aliphatic imine (C=N–C) groups is 1. The lowest BCUT2D eigenvalue weighted by atomic mass is 9.97. The van der Waals surface area contributed by atoms with Crippen LogP contribution in [0.25, 0.3) is 0 Å². The number of hydrogen-bond donors (Lipinski definition) is 2. The minimum Gasteiger partial charge on any atom is -0.370 e. The van der Waals surface area contributed by atoms with Crippen LogP contribution >= 0.6 is 23.2 Å². The number of carbonyl (C=O) groups excluding carboxylic acids is 2. The highest BCUT2D eigenvalue weighted by molar-refractivity contribution is 6.31. The highest BCUT2D eigenvalue weighted by Gasteiger charge is 2.17. The Bertz CT molecular complexity index is 1190. The predicted octanol–water partition coefficient (Wildman–Crippen LogP) is 5.98. The van der Waals surface area contributed by atoms with Crippen LogP contribution in [0.4, 0.5) is 5.82 Å².